The molecule has 0 bridgehead atoms. The van der Waals surface area contributed by atoms with Gasteiger partial charge in [0.15, 0.2) is 0 Å². The summed E-state index contributed by atoms with van der Waals surface area (Å²) in [6.07, 6.45) is 3.49. The van der Waals surface area contributed by atoms with Crippen LogP contribution in [0, 0.1) is 0 Å². The van der Waals surface area contributed by atoms with Gasteiger partial charge in [-0.15, -0.1) is 0 Å². The fraction of sp³-hybridized carbons (Fsp3) is 0.778. The van der Waals surface area contributed by atoms with Crippen LogP contribution in [0.1, 0.15) is 19.3 Å². The smallest absolute Gasteiger partial charge is 0.218 e. The molecule has 0 spiro atoms. The summed E-state index contributed by atoms with van der Waals surface area (Å²) >= 11 is 0. The molecule has 0 aliphatic carbocycles. The molecule has 1 rings (SSSR count). The molecule has 0 aromatic carbocycles. The first-order chi connectivity index (χ1) is 6.74. The van der Waals surface area contributed by atoms with Gasteiger partial charge in [0, 0.05) is 26.1 Å². The monoisotopic (exact) mass is 199 g/mol. The van der Waals surface area contributed by atoms with Crippen LogP contribution in [0.5, 0.6) is 0 Å². The molecule has 0 unspecified atom stereocenters. The zero-order valence-electron chi connectivity index (χ0n) is 8.32. The maximum absolute atomic E-state index is 10.6. The van der Waals surface area contributed by atoms with Gasteiger partial charge in [0.25, 0.3) is 0 Å². The van der Waals surface area contributed by atoms with E-state index in [4.69, 9.17) is 5.73 Å². The summed E-state index contributed by atoms with van der Waals surface area (Å²) in [5.41, 5.74) is 5.06. The molecule has 1 fully saturated rings. The molecule has 2 N–H and O–H groups in total. The predicted molar refractivity (Wildman–Crippen MR) is 52.3 cm³/mol. The molecule has 14 heavy (non-hydrogen) atoms. The zero-order chi connectivity index (χ0) is 10.4. The number of aldehydes is 1. The van der Waals surface area contributed by atoms with Crippen molar-refractivity contribution < 1.29 is 9.59 Å². The Labute approximate surface area is 83.8 Å². The average Bonchev–Trinajstić information content (AvgIpc) is 2.64. The average molecular weight is 199 g/mol. The van der Waals surface area contributed by atoms with E-state index in [0.29, 0.717) is 19.5 Å². The van der Waals surface area contributed by atoms with E-state index >= 15 is 0 Å². The lowest BCUT2D eigenvalue weighted by Gasteiger charge is -2.29. The second-order valence-electron chi connectivity index (χ2n) is 3.46. The summed E-state index contributed by atoms with van der Waals surface area (Å²) < 4.78 is 0. The van der Waals surface area contributed by atoms with Crippen molar-refractivity contribution in [1.82, 2.24) is 10.0 Å². The van der Waals surface area contributed by atoms with Crippen LogP contribution in [0.4, 0.5) is 0 Å². The highest BCUT2D eigenvalue weighted by Gasteiger charge is 2.18. The number of hydrogen-bond donors (Lipinski definition) is 1. The Hall–Kier alpha value is -0.940. The number of nitrogens with two attached hydrogens (primary N) is 1. The van der Waals surface area contributed by atoms with Crippen molar-refractivity contribution in [2.75, 3.05) is 26.2 Å². The summed E-state index contributed by atoms with van der Waals surface area (Å²) in [6, 6.07) is 0. The number of nitrogens with zero attached hydrogens (tertiary/aromatic N) is 2. The van der Waals surface area contributed by atoms with Crippen LogP contribution in [-0.2, 0) is 9.59 Å². The zero-order valence-corrected chi connectivity index (χ0v) is 8.32. The van der Waals surface area contributed by atoms with Gasteiger partial charge in [-0.2, -0.15) is 0 Å². The molecule has 1 amide bonds. The predicted octanol–water partition coefficient (Wildman–Crippen LogP) is -0.627. The van der Waals surface area contributed by atoms with E-state index in [2.05, 4.69) is 5.01 Å². The van der Waals surface area contributed by atoms with Crippen molar-refractivity contribution in [1.29, 1.82) is 0 Å². The lowest BCUT2D eigenvalue weighted by molar-refractivity contribution is -0.121. The molecule has 0 aromatic rings. The number of hydrazine groups is 1. The molecule has 0 radical (unpaired) electrons. The highest BCUT2D eigenvalue weighted by Crippen LogP contribution is 2.10. The van der Waals surface area contributed by atoms with E-state index in [1.54, 1.807) is 0 Å². The van der Waals surface area contributed by atoms with Gasteiger partial charge in [0.05, 0.1) is 6.54 Å². The van der Waals surface area contributed by atoms with Crippen molar-refractivity contribution in [2.24, 2.45) is 5.73 Å². The first-order valence-electron chi connectivity index (χ1n) is 4.96. The Morgan fingerprint density at radius 2 is 2.07 bits per heavy atom. The standard InChI is InChI=1S/C9H17N3O2/c10-9(14)3-6-12(7-8-13)11-4-1-2-5-11/h8H,1-7H2,(H2,10,14). The molecule has 0 atom stereocenters. The third-order valence-corrected chi connectivity index (χ3v) is 2.38. The Kier molecular flexibility index (Phi) is 4.55. The first-order valence-corrected chi connectivity index (χ1v) is 4.96. The van der Waals surface area contributed by atoms with Gasteiger partial charge in [0.2, 0.25) is 5.91 Å². The van der Waals surface area contributed by atoms with Crippen LogP contribution < -0.4 is 5.73 Å². The topological polar surface area (TPSA) is 66.6 Å². The van der Waals surface area contributed by atoms with Crippen LogP contribution in [0.15, 0.2) is 0 Å². The molecule has 5 nitrogen and oxygen atoms in total. The van der Waals surface area contributed by atoms with Crippen molar-refractivity contribution >= 4 is 12.2 Å². The summed E-state index contributed by atoms with van der Waals surface area (Å²) in [5, 5.41) is 4.03. The SMILES string of the molecule is NC(=O)CCN(CC=O)N1CCCC1. The Balaban J connectivity index is 2.36. The van der Waals surface area contributed by atoms with Crippen LogP contribution in [0.3, 0.4) is 0 Å². The normalized spacial score (nSPS) is 17.5. The molecule has 1 heterocycles. The van der Waals surface area contributed by atoms with Gasteiger partial charge < -0.3 is 10.5 Å². The van der Waals surface area contributed by atoms with E-state index in [9.17, 15) is 9.59 Å². The molecule has 5 heteroatoms. The Morgan fingerprint density at radius 3 is 2.57 bits per heavy atom. The van der Waals surface area contributed by atoms with Crippen LogP contribution in [0.2, 0.25) is 0 Å². The minimum atomic E-state index is -0.319. The minimum absolute atomic E-state index is 0.310. The van der Waals surface area contributed by atoms with E-state index in [1.807, 2.05) is 5.01 Å². The van der Waals surface area contributed by atoms with Crippen molar-refractivity contribution in [3.63, 3.8) is 0 Å². The number of amides is 1. The van der Waals surface area contributed by atoms with E-state index in [-0.39, 0.29) is 5.91 Å². The Bertz CT molecular complexity index is 202. The number of rotatable bonds is 6. The highest BCUT2D eigenvalue weighted by molar-refractivity contribution is 5.73. The van der Waals surface area contributed by atoms with Gasteiger partial charge in [-0.3, -0.25) is 4.79 Å². The lowest BCUT2D eigenvalue weighted by Crippen LogP contribution is -2.43. The number of carbonyl (C=O) groups is 2. The second-order valence-corrected chi connectivity index (χ2v) is 3.46. The highest BCUT2D eigenvalue weighted by atomic mass is 16.1. The van der Waals surface area contributed by atoms with Gasteiger partial charge in [-0.05, 0) is 12.8 Å². The van der Waals surface area contributed by atoms with Crippen molar-refractivity contribution in [3.8, 4) is 0 Å². The minimum Gasteiger partial charge on any atom is -0.370 e. The first kappa shape index (κ1) is 11.1. The number of carbonyl (C=O) groups excluding carboxylic acids is 2. The molecule has 1 aliphatic heterocycles. The van der Waals surface area contributed by atoms with Gasteiger partial charge in [0.1, 0.15) is 6.29 Å². The third kappa shape index (κ3) is 3.43. The fourth-order valence-electron chi connectivity index (χ4n) is 1.66. The molecule has 80 valence electrons. The molecular formula is C9H17N3O2. The van der Waals surface area contributed by atoms with Crippen LogP contribution in [0.25, 0.3) is 0 Å². The fourth-order valence-corrected chi connectivity index (χ4v) is 1.66. The molecule has 0 aromatic heterocycles. The largest absolute Gasteiger partial charge is 0.370 e. The number of primary amides is 1. The maximum Gasteiger partial charge on any atom is 0.218 e. The third-order valence-electron chi connectivity index (χ3n) is 2.38. The van der Waals surface area contributed by atoms with E-state index in [0.717, 1.165) is 32.2 Å². The van der Waals surface area contributed by atoms with Gasteiger partial charge >= 0.3 is 0 Å². The molecule has 1 aliphatic rings. The summed E-state index contributed by atoms with van der Waals surface area (Å²) in [6.45, 7) is 2.86. The maximum atomic E-state index is 10.6. The van der Waals surface area contributed by atoms with Crippen LogP contribution in [-0.4, -0.2) is 48.4 Å². The quantitative estimate of drug-likeness (QED) is 0.579. The van der Waals surface area contributed by atoms with Crippen molar-refractivity contribution in [3.05, 3.63) is 0 Å². The van der Waals surface area contributed by atoms with Crippen molar-refractivity contribution in [2.45, 2.75) is 19.3 Å². The molecular weight excluding hydrogens is 182 g/mol. The van der Waals surface area contributed by atoms with Crippen LogP contribution >= 0.6 is 0 Å². The van der Waals surface area contributed by atoms with E-state index < -0.39 is 0 Å². The summed E-state index contributed by atoms with van der Waals surface area (Å²) in [5.74, 6) is -0.319. The van der Waals surface area contributed by atoms with Gasteiger partial charge in [-0.25, -0.2) is 10.0 Å². The summed E-state index contributed by atoms with van der Waals surface area (Å²) in [4.78, 5) is 21.0. The van der Waals surface area contributed by atoms with Gasteiger partial charge in [-0.1, -0.05) is 0 Å². The molecule has 0 saturated carbocycles. The Morgan fingerprint density at radius 1 is 1.43 bits per heavy atom. The molecule has 1 saturated heterocycles. The van der Waals surface area contributed by atoms with E-state index in [1.165, 1.54) is 0 Å². The summed E-state index contributed by atoms with van der Waals surface area (Å²) in [7, 11) is 0. The second kappa shape index (κ2) is 5.72. The number of hydrogen-bond acceptors (Lipinski definition) is 4. The lowest BCUT2D eigenvalue weighted by atomic mass is 10.4.